The molecule has 2 nitrogen and oxygen atoms in total. The van der Waals surface area contributed by atoms with E-state index >= 15 is 0 Å². The van der Waals surface area contributed by atoms with E-state index in [-0.39, 0.29) is 5.97 Å². The van der Waals surface area contributed by atoms with Crippen molar-refractivity contribution in [2.75, 3.05) is 0 Å². The summed E-state index contributed by atoms with van der Waals surface area (Å²) < 4.78 is 6.57. The van der Waals surface area contributed by atoms with Crippen LogP contribution >= 0.6 is 61.1 Å². The highest BCUT2D eigenvalue weighted by Gasteiger charge is 2.13. The molecular weight excluding hydrogens is 498 g/mol. The Hall–Kier alpha value is 0.370. The lowest BCUT2D eigenvalue weighted by Crippen LogP contribution is -2.08. The molecule has 0 amide bonds. The second-order valence-electron chi connectivity index (χ2n) is 3.23. The summed E-state index contributed by atoms with van der Waals surface area (Å²) in [7, 11) is 0. The van der Waals surface area contributed by atoms with Crippen molar-refractivity contribution in [3.63, 3.8) is 0 Å². The van der Waals surface area contributed by atoms with E-state index in [1.54, 1.807) is 0 Å². The lowest BCUT2D eigenvalue weighted by Gasteiger charge is -2.07. The summed E-state index contributed by atoms with van der Waals surface area (Å²) >= 11 is 7.22. The molecule has 0 radical (unpaired) electrons. The van der Waals surface area contributed by atoms with E-state index in [2.05, 4.69) is 15.9 Å². The van der Waals surface area contributed by atoms with Gasteiger partial charge in [-0.3, -0.25) is 0 Å². The Bertz CT molecular complexity index is 451. The molecule has 0 aliphatic heterocycles. The number of halogens is 3. The molecule has 1 rings (SSSR count). The fraction of sp³-hybridized carbons (Fsp3) is 0.182. The van der Waals surface area contributed by atoms with E-state index in [1.807, 2.05) is 77.2 Å². The van der Waals surface area contributed by atoms with Gasteiger partial charge in [-0.1, -0.05) is 17.7 Å². The monoisotopic (exact) mass is 506 g/mol. The van der Waals surface area contributed by atoms with Crippen molar-refractivity contribution in [3.8, 4) is 5.75 Å². The van der Waals surface area contributed by atoms with Crippen LogP contribution in [0.2, 0.25) is 0 Å². The van der Waals surface area contributed by atoms with Crippen molar-refractivity contribution in [2.45, 2.75) is 13.8 Å². The van der Waals surface area contributed by atoms with E-state index < -0.39 is 0 Å². The molecule has 0 atom stereocenters. The Balaban J connectivity index is 2.90. The number of aryl methyl sites for hydroxylation is 2. The minimum absolute atomic E-state index is 0.339. The highest BCUT2D eigenvalue weighted by Crippen LogP contribution is 2.27. The van der Waals surface area contributed by atoms with Gasteiger partial charge in [0.15, 0.2) is 0 Å². The maximum absolute atomic E-state index is 11.7. The quantitative estimate of drug-likeness (QED) is 0.253. The molecule has 0 aromatic heterocycles. The highest BCUT2D eigenvalue weighted by atomic mass is 127. The van der Waals surface area contributed by atoms with Crippen LogP contribution in [-0.2, 0) is 4.79 Å². The Kier molecular flexibility index (Phi) is 5.72. The van der Waals surface area contributed by atoms with E-state index in [9.17, 15) is 4.79 Å². The van der Waals surface area contributed by atoms with E-state index in [0.717, 1.165) is 13.6 Å². The van der Waals surface area contributed by atoms with Gasteiger partial charge in [-0.25, -0.2) is 4.79 Å². The minimum Gasteiger partial charge on any atom is -0.422 e. The number of rotatable bonds is 2. The lowest BCUT2D eigenvalue weighted by molar-refractivity contribution is -0.129. The Morgan fingerprint density at radius 1 is 1.31 bits per heavy atom. The molecule has 0 aliphatic carbocycles. The number of hydrogen-bond donors (Lipinski definition) is 0. The highest BCUT2D eigenvalue weighted by molar-refractivity contribution is 14.1. The second-order valence-corrected chi connectivity index (χ2v) is 7.67. The van der Waals surface area contributed by atoms with Gasteiger partial charge in [0.1, 0.15) is 9.33 Å². The number of carbonyl (C=O) groups is 1. The Morgan fingerprint density at radius 2 is 1.94 bits per heavy atom. The molecule has 0 fully saturated rings. The van der Waals surface area contributed by atoms with Gasteiger partial charge in [-0.2, -0.15) is 0 Å². The first-order chi connectivity index (χ1) is 7.41. The molecule has 0 unspecified atom stereocenters. The first-order valence-corrected chi connectivity index (χ1v) is 7.37. The van der Waals surface area contributed by atoms with Crippen LogP contribution in [0.25, 0.3) is 0 Å². The first-order valence-electron chi connectivity index (χ1n) is 4.42. The number of esters is 1. The Morgan fingerprint density at radius 3 is 2.44 bits per heavy atom. The molecule has 5 heteroatoms. The van der Waals surface area contributed by atoms with Gasteiger partial charge >= 0.3 is 5.97 Å². The summed E-state index contributed by atoms with van der Waals surface area (Å²) in [5.74, 6) is 0.267. The molecule has 86 valence electrons. The molecule has 0 saturated carbocycles. The number of hydrogen-bond acceptors (Lipinski definition) is 2. The summed E-state index contributed by atoms with van der Waals surface area (Å²) in [4.78, 5) is 11.7. The van der Waals surface area contributed by atoms with Crippen LogP contribution in [0.5, 0.6) is 5.75 Å². The summed E-state index contributed by atoms with van der Waals surface area (Å²) in [6, 6.07) is 5.72. The van der Waals surface area contributed by atoms with Crippen molar-refractivity contribution >= 4 is 67.1 Å². The van der Waals surface area contributed by atoms with Crippen LogP contribution in [0.4, 0.5) is 0 Å². The third-order valence-corrected chi connectivity index (χ3v) is 5.57. The van der Waals surface area contributed by atoms with Crippen molar-refractivity contribution < 1.29 is 9.53 Å². The fourth-order valence-corrected chi connectivity index (χ4v) is 1.63. The smallest absolute Gasteiger partial charge is 0.351 e. The molecule has 1 aromatic carbocycles. The SMILES string of the molecule is Cc1ccc(OC(=O)/C(I)=C(/Br)I)c(C)c1. The zero-order valence-electron chi connectivity index (χ0n) is 8.68. The van der Waals surface area contributed by atoms with E-state index in [0.29, 0.717) is 9.33 Å². The molecule has 0 bridgehead atoms. The van der Waals surface area contributed by atoms with Crippen LogP contribution in [0.1, 0.15) is 11.1 Å². The Labute approximate surface area is 130 Å². The molecule has 1 aromatic rings. The number of benzene rings is 1. The van der Waals surface area contributed by atoms with Gasteiger partial charge in [0.25, 0.3) is 0 Å². The average molecular weight is 507 g/mol. The minimum atomic E-state index is -0.339. The van der Waals surface area contributed by atoms with Crippen molar-refractivity contribution in [1.29, 1.82) is 0 Å². The molecule has 0 heterocycles. The first kappa shape index (κ1) is 14.4. The fourth-order valence-electron chi connectivity index (χ4n) is 1.14. The predicted octanol–water partition coefficient (Wildman–Crippen LogP) is 4.64. The van der Waals surface area contributed by atoms with Crippen LogP contribution in [0.3, 0.4) is 0 Å². The van der Waals surface area contributed by atoms with Gasteiger partial charge in [0, 0.05) is 0 Å². The van der Waals surface area contributed by atoms with Crippen molar-refractivity contribution in [2.24, 2.45) is 0 Å². The van der Waals surface area contributed by atoms with Crippen LogP contribution < -0.4 is 4.74 Å². The third-order valence-electron chi connectivity index (χ3n) is 1.88. The predicted molar refractivity (Wildman–Crippen MR) is 85.5 cm³/mol. The molecule has 0 saturated heterocycles. The summed E-state index contributed by atoms with van der Waals surface area (Å²) in [5.41, 5.74) is 2.11. The summed E-state index contributed by atoms with van der Waals surface area (Å²) in [6.07, 6.45) is 0. The van der Waals surface area contributed by atoms with Gasteiger partial charge in [0.05, 0.1) is 2.49 Å². The molecule has 0 N–H and O–H groups in total. The maximum Gasteiger partial charge on any atom is 0.351 e. The van der Waals surface area contributed by atoms with Crippen molar-refractivity contribution in [3.05, 3.63) is 35.4 Å². The largest absolute Gasteiger partial charge is 0.422 e. The zero-order valence-corrected chi connectivity index (χ0v) is 14.6. The van der Waals surface area contributed by atoms with Gasteiger partial charge in [-0.15, -0.1) is 0 Å². The van der Waals surface area contributed by atoms with Gasteiger partial charge in [-0.05, 0) is 86.6 Å². The average Bonchev–Trinajstić information content (AvgIpc) is 2.20. The van der Waals surface area contributed by atoms with Crippen molar-refractivity contribution in [1.82, 2.24) is 0 Å². The topological polar surface area (TPSA) is 26.3 Å². The molecule has 0 aliphatic rings. The maximum atomic E-state index is 11.7. The standard InChI is InChI=1S/C11H9BrI2O2/c1-6-3-4-8(7(2)5-6)16-11(15)9(13)10(12)14/h3-5H,1-2H3/b10-9+. The van der Waals surface area contributed by atoms with Crippen LogP contribution in [0.15, 0.2) is 24.3 Å². The van der Waals surface area contributed by atoms with E-state index in [4.69, 9.17) is 4.74 Å². The second kappa shape index (κ2) is 6.34. The summed E-state index contributed by atoms with van der Waals surface area (Å²) in [5, 5.41) is 0. The third kappa shape index (κ3) is 3.99. The normalized spacial score (nSPS) is 12.1. The zero-order chi connectivity index (χ0) is 12.3. The van der Waals surface area contributed by atoms with Crippen LogP contribution in [0, 0.1) is 13.8 Å². The lowest BCUT2D eigenvalue weighted by atomic mass is 10.1. The number of carbonyl (C=O) groups excluding carboxylic acids is 1. The van der Waals surface area contributed by atoms with Crippen LogP contribution in [-0.4, -0.2) is 5.97 Å². The molecule has 16 heavy (non-hydrogen) atoms. The van der Waals surface area contributed by atoms with E-state index in [1.165, 1.54) is 0 Å². The van der Waals surface area contributed by atoms with Gasteiger partial charge in [0.2, 0.25) is 0 Å². The summed E-state index contributed by atoms with van der Waals surface area (Å²) in [6.45, 7) is 3.93. The number of ether oxygens (including phenoxy) is 1. The molecule has 0 spiro atoms. The molecular formula is C11H9BrI2O2. The van der Waals surface area contributed by atoms with Gasteiger partial charge < -0.3 is 4.74 Å².